The van der Waals surface area contributed by atoms with E-state index in [1.807, 2.05) is 0 Å². The fourth-order valence-electron chi connectivity index (χ4n) is 2.03. The van der Waals surface area contributed by atoms with Gasteiger partial charge in [0, 0.05) is 18.1 Å². The highest BCUT2D eigenvalue weighted by Crippen LogP contribution is 2.02. The van der Waals surface area contributed by atoms with Gasteiger partial charge in [-0.1, -0.05) is 37.3 Å². The molecule has 1 aromatic carbocycles. The maximum absolute atomic E-state index is 2.29. The van der Waals surface area contributed by atoms with Gasteiger partial charge in [0.25, 0.3) is 0 Å². The van der Waals surface area contributed by atoms with Crippen LogP contribution in [0.3, 0.4) is 0 Å². The normalized spacial score (nSPS) is 10.4. The number of pyridine rings is 1. The molecular formula is C16H20N+. The molecule has 0 aliphatic rings. The van der Waals surface area contributed by atoms with Crippen molar-refractivity contribution in [1.29, 1.82) is 0 Å². The van der Waals surface area contributed by atoms with Crippen molar-refractivity contribution in [1.82, 2.24) is 0 Å². The maximum atomic E-state index is 2.29. The van der Waals surface area contributed by atoms with Gasteiger partial charge in [0.15, 0.2) is 12.4 Å². The first-order valence-corrected chi connectivity index (χ1v) is 6.40. The van der Waals surface area contributed by atoms with Crippen molar-refractivity contribution in [2.75, 3.05) is 0 Å². The number of aryl methyl sites for hydroxylation is 3. The Morgan fingerprint density at radius 3 is 2.47 bits per heavy atom. The van der Waals surface area contributed by atoms with Gasteiger partial charge >= 0.3 is 0 Å². The van der Waals surface area contributed by atoms with Crippen LogP contribution in [0.25, 0.3) is 0 Å². The second-order valence-corrected chi connectivity index (χ2v) is 4.39. The average molecular weight is 226 g/mol. The smallest absolute Gasteiger partial charge is 0.171 e. The fraction of sp³-hybridized carbons (Fsp3) is 0.312. The predicted molar refractivity (Wildman–Crippen MR) is 70.8 cm³/mol. The summed E-state index contributed by atoms with van der Waals surface area (Å²) in [6, 6.07) is 15.0. The van der Waals surface area contributed by atoms with E-state index in [9.17, 15) is 0 Å². The average Bonchev–Trinajstić information content (AvgIpc) is 2.40. The largest absolute Gasteiger partial charge is 0.205 e. The fourth-order valence-corrected chi connectivity index (χ4v) is 2.03. The summed E-state index contributed by atoms with van der Waals surface area (Å²) in [6.07, 6.45) is 7.88. The van der Waals surface area contributed by atoms with Crippen molar-refractivity contribution in [3.8, 4) is 0 Å². The zero-order chi connectivity index (χ0) is 11.9. The van der Waals surface area contributed by atoms with E-state index in [4.69, 9.17) is 0 Å². The summed E-state index contributed by atoms with van der Waals surface area (Å²) in [6.45, 7) is 3.30. The predicted octanol–water partition coefficient (Wildman–Crippen LogP) is 3.17. The number of rotatable bonds is 5. The lowest BCUT2D eigenvalue weighted by atomic mass is 10.1. The lowest BCUT2D eigenvalue weighted by Gasteiger charge is -2.00. The monoisotopic (exact) mass is 226 g/mol. The quantitative estimate of drug-likeness (QED) is 0.689. The summed E-state index contributed by atoms with van der Waals surface area (Å²) in [7, 11) is 0. The highest BCUT2D eigenvalue weighted by atomic mass is 14.9. The van der Waals surface area contributed by atoms with Crippen LogP contribution in [0.15, 0.2) is 54.9 Å². The zero-order valence-corrected chi connectivity index (χ0v) is 10.5. The highest BCUT2D eigenvalue weighted by Gasteiger charge is 2.01. The van der Waals surface area contributed by atoms with E-state index in [0.29, 0.717) is 0 Å². The van der Waals surface area contributed by atoms with Gasteiger partial charge < -0.3 is 0 Å². The SMILES string of the molecule is CCc1ccc[n+](CCCc2ccccc2)c1. The summed E-state index contributed by atoms with van der Waals surface area (Å²) in [5, 5.41) is 0. The molecule has 1 nitrogen and oxygen atoms in total. The second kappa shape index (κ2) is 6.19. The van der Waals surface area contributed by atoms with Crippen molar-refractivity contribution in [2.45, 2.75) is 32.7 Å². The number of hydrogen-bond donors (Lipinski definition) is 0. The molecule has 0 radical (unpaired) electrons. The Balaban J connectivity index is 1.86. The first-order chi connectivity index (χ1) is 8.38. The van der Waals surface area contributed by atoms with Gasteiger partial charge in [-0.2, -0.15) is 0 Å². The van der Waals surface area contributed by atoms with Gasteiger partial charge in [0.1, 0.15) is 6.54 Å². The molecule has 0 saturated carbocycles. The van der Waals surface area contributed by atoms with E-state index < -0.39 is 0 Å². The Bertz CT molecular complexity index is 448. The molecule has 0 spiro atoms. The van der Waals surface area contributed by atoms with Crippen LogP contribution in [0.4, 0.5) is 0 Å². The van der Waals surface area contributed by atoms with E-state index >= 15 is 0 Å². The third kappa shape index (κ3) is 3.70. The summed E-state index contributed by atoms with van der Waals surface area (Å²) >= 11 is 0. The van der Waals surface area contributed by atoms with Crippen LogP contribution in [0.5, 0.6) is 0 Å². The number of nitrogens with zero attached hydrogens (tertiary/aromatic N) is 1. The molecule has 17 heavy (non-hydrogen) atoms. The van der Waals surface area contributed by atoms with Crippen molar-refractivity contribution in [3.63, 3.8) is 0 Å². The minimum Gasteiger partial charge on any atom is -0.205 e. The molecule has 0 amide bonds. The molecule has 0 unspecified atom stereocenters. The lowest BCUT2D eigenvalue weighted by molar-refractivity contribution is -0.697. The minimum atomic E-state index is 1.10. The second-order valence-electron chi connectivity index (χ2n) is 4.39. The van der Waals surface area contributed by atoms with Gasteiger partial charge in [-0.05, 0) is 24.5 Å². The molecule has 0 bridgehead atoms. The first kappa shape index (κ1) is 11.8. The van der Waals surface area contributed by atoms with Gasteiger partial charge in [-0.3, -0.25) is 0 Å². The Hall–Kier alpha value is -1.63. The third-order valence-corrected chi connectivity index (χ3v) is 3.05. The van der Waals surface area contributed by atoms with E-state index in [-0.39, 0.29) is 0 Å². The first-order valence-electron chi connectivity index (χ1n) is 6.40. The molecule has 1 heterocycles. The molecule has 0 atom stereocenters. The summed E-state index contributed by atoms with van der Waals surface area (Å²) in [5.74, 6) is 0. The molecule has 2 rings (SSSR count). The number of hydrogen-bond acceptors (Lipinski definition) is 0. The van der Waals surface area contributed by atoms with E-state index in [2.05, 4.69) is 66.3 Å². The highest BCUT2D eigenvalue weighted by molar-refractivity contribution is 5.14. The molecule has 0 N–H and O–H groups in total. The maximum Gasteiger partial charge on any atom is 0.171 e. The standard InChI is InChI=1S/C16H20N/c1-2-15-10-6-12-17(14-15)13-7-11-16-8-4-3-5-9-16/h3-6,8-10,12,14H,2,7,11,13H2,1H3/q+1. The van der Waals surface area contributed by atoms with Gasteiger partial charge in [0.05, 0.1) is 0 Å². The van der Waals surface area contributed by atoms with Crippen molar-refractivity contribution in [2.24, 2.45) is 0 Å². The van der Waals surface area contributed by atoms with Gasteiger partial charge in [0.2, 0.25) is 0 Å². The van der Waals surface area contributed by atoms with Gasteiger partial charge in [-0.25, -0.2) is 4.57 Å². The lowest BCUT2D eigenvalue weighted by Crippen LogP contribution is -2.33. The summed E-state index contributed by atoms with van der Waals surface area (Å²) in [4.78, 5) is 0. The molecule has 2 aromatic rings. The molecule has 0 aliphatic carbocycles. The van der Waals surface area contributed by atoms with Crippen LogP contribution < -0.4 is 4.57 Å². The van der Waals surface area contributed by atoms with Crippen LogP contribution in [-0.4, -0.2) is 0 Å². The van der Waals surface area contributed by atoms with Crippen LogP contribution >= 0.6 is 0 Å². The molecule has 0 saturated heterocycles. The topological polar surface area (TPSA) is 3.88 Å². The Labute approximate surface area is 104 Å². The van der Waals surface area contributed by atoms with Gasteiger partial charge in [-0.15, -0.1) is 0 Å². The van der Waals surface area contributed by atoms with E-state index in [0.717, 1.165) is 19.4 Å². The molecule has 88 valence electrons. The number of aromatic nitrogens is 1. The third-order valence-electron chi connectivity index (χ3n) is 3.05. The minimum absolute atomic E-state index is 1.10. The Kier molecular flexibility index (Phi) is 4.31. The molecule has 1 aromatic heterocycles. The zero-order valence-electron chi connectivity index (χ0n) is 10.5. The number of benzene rings is 1. The van der Waals surface area contributed by atoms with Crippen LogP contribution in [0.2, 0.25) is 0 Å². The van der Waals surface area contributed by atoms with Crippen molar-refractivity contribution in [3.05, 3.63) is 66.0 Å². The van der Waals surface area contributed by atoms with Crippen LogP contribution in [0, 0.1) is 0 Å². The summed E-state index contributed by atoms with van der Waals surface area (Å²) in [5.41, 5.74) is 2.84. The van der Waals surface area contributed by atoms with Crippen molar-refractivity contribution < 1.29 is 4.57 Å². The molecule has 1 heteroatoms. The van der Waals surface area contributed by atoms with Crippen LogP contribution in [-0.2, 0) is 19.4 Å². The van der Waals surface area contributed by atoms with Crippen molar-refractivity contribution >= 4 is 0 Å². The van der Waals surface area contributed by atoms with E-state index in [1.165, 1.54) is 17.5 Å². The Morgan fingerprint density at radius 2 is 1.71 bits per heavy atom. The summed E-state index contributed by atoms with van der Waals surface area (Å²) < 4.78 is 2.29. The van der Waals surface area contributed by atoms with Crippen LogP contribution in [0.1, 0.15) is 24.5 Å². The Morgan fingerprint density at radius 1 is 0.941 bits per heavy atom. The molecule has 0 aliphatic heterocycles. The molecular weight excluding hydrogens is 206 g/mol. The molecule has 0 fully saturated rings. The van der Waals surface area contributed by atoms with E-state index in [1.54, 1.807) is 0 Å².